The van der Waals surface area contributed by atoms with Gasteiger partial charge in [0.05, 0.1) is 0 Å². The van der Waals surface area contributed by atoms with Crippen LogP contribution in [-0.2, 0) is 4.74 Å². The fraction of sp³-hybridized carbons (Fsp3) is 0.600. The molecule has 1 aliphatic heterocycles. The number of hydrogen-bond acceptors (Lipinski definition) is 2. The van der Waals surface area contributed by atoms with Crippen molar-refractivity contribution >= 4 is 12.1 Å². The number of ether oxygens (including phenoxy) is 1. The van der Waals surface area contributed by atoms with E-state index >= 15 is 0 Å². The predicted molar refractivity (Wildman–Crippen MR) is 58.9 cm³/mol. The van der Waals surface area contributed by atoms with Crippen molar-refractivity contribution in [3.63, 3.8) is 0 Å². The van der Waals surface area contributed by atoms with Gasteiger partial charge in [-0.3, -0.25) is 0 Å². The van der Waals surface area contributed by atoms with E-state index in [1.54, 1.807) is 0 Å². The van der Waals surface area contributed by atoms with Crippen molar-refractivity contribution in [1.82, 2.24) is 9.80 Å². The lowest BCUT2D eigenvalue weighted by molar-refractivity contribution is 0.169. The van der Waals surface area contributed by atoms with Gasteiger partial charge in [-0.15, -0.1) is 4.99 Å². The zero-order chi connectivity index (χ0) is 11.3. The van der Waals surface area contributed by atoms with Crippen LogP contribution in [0.25, 0.3) is 0 Å². The molecule has 1 rings (SSSR count). The molecule has 0 unspecified atom stereocenters. The van der Waals surface area contributed by atoms with E-state index in [1.165, 1.54) is 6.08 Å². The maximum atomic E-state index is 11.3. The molecule has 1 heterocycles. The summed E-state index contributed by atoms with van der Waals surface area (Å²) in [6, 6.07) is 0. The topological polar surface area (TPSA) is 45.1 Å². The molecule has 0 aliphatic carbocycles. The summed E-state index contributed by atoms with van der Waals surface area (Å²) in [5.74, 6) is 0.687. The smallest absolute Gasteiger partial charge is 0.437 e. The Kier molecular flexibility index (Phi) is 4.15. The maximum Gasteiger partial charge on any atom is 0.437 e. The van der Waals surface area contributed by atoms with Gasteiger partial charge in [-0.1, -0.05) is 12.7 Å². The van der Waals surface area contributed by atoms with E-state index in [0.29, 0.717) is 5.96 Å². The molecule has 0 aromatic heterocycles. The van der Waals surface area contributed by atoms with Gasteiger partial charge in [0.2, 0.25) is 5.96 Å². The molecule has 1 aliphatic rings. The number of guanidine groups is 1. The summed E-state index contributed by atoms with van der Waals surface area (Å²) >= 11 is 0. The summed E-state index contributed by atoms with van der Waals surface area (Å²) in [6.45, 7) is 8.33. The first-order valence-corrected chi connectivity index (χ1v) is 5.01. The Hall–Kier alpha value is -1.52. The number of rotatable bonds is 3. The van der Waals surface area contributed by atoms with Crippen molar-refractivity contribution in [1.29, 1.82) is 0 Å². The van der Waals surface area contributed by atoms with Crippen LogP contribution < -0.4 is 0 Å². The predicted octanol–water partition coefficient (Wildman–Crippen LogP) is 0.932. The molecule has 5 nitrogen and oxygen atoms in total. The summed E-state index contributed by atoms with van der Waals surface area (Å²) in [5, 5.41) is 0. The average molecular weight is 211 g/mol. The lowest BCUT2D eigenvalue weighted by atomic mass is 10.6. The van der Waals surface area contributed by atoms with E-state index in [9.17, 15) is 4.79 Å². The van der Waals surface area contributed by atoms with Gasteiger partial charge >= 0.3 is 6.09 Å². The minimum Gasteiger partial charge on any atom is -0.444 e. The molecule has 0 aromatic carbocycles. The second-order valence-corrected chi connectivity index (χ2v) is 3.28. The van der Waals surface area contributed by atoms with Crippen LogP contribution in [0.3, 0.4) is 0 Å². The highest BCUT2D eigenvalue weighted by Gasteiger charge is 2.23. The van der Waals surface area contributed by atoms with Crippen LogP contribution in [0.1, 0.15) is 6.92 Å². The molecule has 0 spiro atoms. The minimum atomic E-state index is -0.558. The van der Waals surface area contributed by atoms with Crippen molar-refractivity contribution in [2.75, 3.05) is 33.3 Å². The quantitative estimate of drug-likeness (QED) is 0.651. The van der Waals surface area contributed by atoms with E-state index in [2.05, 4.69) is 11.6 Å². The van der Waals surface area contributed by atoms with Gasteiger partial charge in [0.15, 0.2) is 0 Å². The fourth-order valence-electron chi connectivity index (χ4n) is 1.41. The zero-order valence-corrected chi connectivity index (χ0v) is 9.27. The van der Waals surface area contributed by atoms with E-state index in [-0.39, 0.29) is 6.61 Å². The van der Waals surface area contributed by atoms with E-state index in [0.717, 1.165) is 19.6 Å². The first-order valence-electron chi connectivity index (χ1n) is 5.01. The molecular formula is C10H17N3O2. The molecule has 0 atom stereocenters. The number of likely N-dealkylation sites (N-methyl/N-ethyl adjacent to an activating group) is 2. The SMILES string of the molecule is C=CCOC(=O)N=C1N(C)CCN1CC. The Balaban J connectivity index is 2.62. The van der Waals surface area contributed by atoms with E-state index in [1.807, 2.05) is 23.8 Å². The van der Waals surface area contributed by atoms with E-state index < -0.39 is 6.09 Å². The molecule has 0 aromatic rings. The summed E-state index contributed by atoms with van der Waals surface area (Å²) < 4.78 is 4.80. The van der Waals surface area contributed by atoms with Crippen molar-refractivity contribution in [2.45, 2.75) is 6.92 Å². The largest absolute Gasteiger partial charge is 0.444 e. The monoisotopic (exact) mass is 211 g/mol. The maximum absolute atomic E-state index is 11.3. The van der Waals surface area contributed by atoms with Crippen LogP contribution >= 0.6 is 0 Å². The molecule has 0 radical (unpaired) electrons. The second kappa shape index (κ2) is 5.38. The number of aliphatic imine (C=N–C) groups is 1. The Morgan fingerprint density at radius 1 is 1.67 bits per heavy atom. The Morgan fingerprint density at radius 3 is 3.00 bits per heavy atom. The van der Waals surface area contributed by atoms with Crippen molar-refractivity contribution in [3.05, 3.63) is 12.7 Å². The van der Waals surface area contributed by atoms with Gasteiger partial charge in [-0.25, -0.2) is 4.79 Å². The molecule has 1 fully saturated rings. The van der Waals surface area contributed by atoms with Gasteiger partial charge in [0.1, 0.15) is 6.61 Å². The number of amides is 1. The highest BCUT2D eigenvalue weighted by atomic mass is 16.5. The highest BCUT2D eigenvalue weighted by Crippen LogP contribution is 2.06. The summed E-state index contributed by atoms with van der Waals surface area (Å²) in [4.78, 5) is 19.1. The minimum absolute atomic E-state index is 0.200. The molecule has 0 bridgehead atoms. The third-order valence-corrected chi connectivity index (χ3v) is 2.23. The van der Waals surface area contributed by atoms with Crippen LogP contribution in [0, 0.1) is 0 Å². The molecule has 1 saturated heterocycles. The number of hydrogen-bond donors (Lipinski definition) is 0. The van der Waals surface area contributed by atoms with Crippen LogP contribution in [0.5, 0.6) is 0 Å². The fourth-order valence-corrected chi connectivity index (χ4v) is 1.41. The molecule has 0 saturated carbocycles. The second-order valence-electron chi connectivity index (χ2n) is 3.28. The van der Waals surface area contributed by atoms with Crippen LogP contribution in [0.2, 0.25) is 0 Å². The number of carbonyl (C=O) groups excluding carboxylic acids is 1. The standard InChI is InChI=1S/C10H17N3O2/c1-4-8-15-10(14)11-9-12(3)6-7-13(9)5-2/h4H,1,5-8H2,2-3H3. The van der Waals surface area contributed by atoms with Crippen LogP contribution in [0.15, 0.2) is 17.6 Å². The van der Waals surface area contributed by atoms with Crippen molar-refractivity contribution in [3.8, 4) is 0 Å². The van der Waals surface area contributed by atoms with Gasteiger partial charge in [0, 0.05) is 26.7 Å². The number of nitrogens with zero attached hydrogens (tertiary/aromatic N) is 3. The van der Waals surface area contributed by atoms with Gasteiger partial charge in [0.25, 0.3) is 0 Å². The van der Waals surface area contributed by atoms with Gasteiger partial charge < -0.3 is 14.5 Å². The zero-order valence-electron chi connectivity index (χ0n) is 9.27. The van der Waals surface area contributed by atoms with Crippen LogP contribution in [-0.4, -0.2) is 55.1 Å². The molecule has 15 heavy (non-hydrogen) atoms. The molecule has 84 valence electrons. The number of carbonyl (C=O) groups is 1. The third-order valence-electron chi connectivity index (χ3n) is 2.23. The first kappa shape index (κ1) is 11.6. The molecule has 5 heteroatoms. The lowest BCUT2D eigenvalue weighted by Crippen LogP contribution is -2.32. The first-order chi connectivity index (χ1) is 7.19. The normalized spacial score (nSPS) is 18.4. The Labute approximate surface area is 90.0 Å². The Bertz CT molecular complexity index is 276. The van der Waals surface area contributed by atoms with Crippen molar-refractivity contribution in [2.24, 2.45) is 4.99 Å². The Morgan fingerprint density at radius 2 is 2.40 bits per heavy atom. The summed E-state index contributed by atoms with van der Waals surface area (Å²) in [6.07, 6.45) is 0.964. The third kappa shape index (κ3) is 2.97. The van der Waals surface area contributed by atoms with Gasteiger partial charge in [-0.05, 0) is 6.92 Å². The van der Waals surface area contributed by atoms with Gasteiger partial charge in [-0.2, -0.15) is 0 Å². The lowest BCUT2D eigenvalue weighted by Gasteiger charge is -2.17. The molecule has 1 amide bonds. The van der Waals surface area contributed by atoms with E-state index in [4.69, 9.17) is 4.74 Å². The molecular weight excluding hydrogens is 194 g/mol. The van der Waals surface area contributed by atoms with Crippen LogP contribution in [0.4, 0.5) is 4.79 Å². The molecule has 0 N–H and O–H groups in total. The average Bonchev–Trinajstić information content (AvgIpc) is 2.57. The summed E-state index contributed by atoms with van der Waals surface area (Å²) in [7, 11) is 1.91. The summed E-state index contributed by atoms with van der Waals surface area (Å²) in [5.41, 5.74) is 0. The highest BCUT2D eigenvalue weighted by molar-refractivity contribution is 5.91. The van der Waals surface area contributed by atoms with Crippen molar-refractivity contribution < 1.29 is 9.53 Å².